The zero-order chi connectivity index (χ0) is 21.0. The van der Waals surface area contributed by atoms with E-state index in [4.69, 9.17) is 9.84 Å². The lowest BCUT2D eigenvalue weighted by molar-refractivity contribution is -0.136. The third-order valence-corrected chi connectivity index (χ3v) is 5.44. The Morgan fingerprint density at radius 2 is 1.60 bits per heavy atom. The first-order valence-electron chi connectivity index (χ1n) is 10.2. The van der Waals surface area contributed by atoms with E-state index in [1.54, 1.807) is 0 Å². The monoisotopic (exact) mass is 396 g/mol. The van der Waals surface area contributed by atoms with Gasteiger partial charge < -0.3 is 9.84 Å². The van der Waals surface area contributed by atoms with E-state index in [1.807, 2.05) is 42.5 Å². The van der Waals surface area contributed by atoms with Gasteiger partial charge in [-0.3, -0.25) is 4.79 Å². The molecule has 3 aromatic rings. The molecule has 0 atom stereocenters. The van der Waals surface area contributed by atoms with Gasteiger partial charge in [0.2, 0.25) is 0 Å². The summed E-state index contributed by atoms with van der Waals surface area (Å²) < 4.78 is 6.32. The van der Waals surface area contributed by atoms with Gasteiger partial charge in [0.1, 0.15) is 0 Å². The lowest BCUT2D eigenvalue weighted by Gasteiger charge is -2.19. The summed E-state index contributed by atoms with van der Waals surface area (Å²) in [6.45, 7) is 2.74. The van der Waals surface area contributed by atoms with E-state index >= 15 is 0 Å². The Hall–Kier alpha value is -3.35. The lowest BCUT2D eigenvalue weighted by Crippen LogP contribution is -2.13. The van der Waals surface area contributed by atoms with Crippen molar-refractivity contribution < 1.29 is 14.6 Å². The predicted octanol–water partition coefficient (Wildman–Crippen LogP) is 5.23. The molecular formula is C27H24O3. The summed E-state index contributed by atoms with van der Waals surface area (Å²) >= 11 is 0. The highest BCUT2D eigenvalue weighted by molar-refractivity contribution is 5.70. The van der Waals surface area contributed by atoms with Crippen molar-refractivity contribution in [3.8, 4) is 11.8 Å². The highest BCUT2D eigenvalue weighted by Crippen LogP contribution is 2.50. The number of hydrogen-bond donors (Lipinski definition) is 1. The quantitative estimate of drug-likeness (QED) is 0.581. The van der Waals surface area contributed by atoms with Crippen LogP contribution in [0.4, 0.5) is 0 Å². The molecule has 0 saturated heterocycles. The van der Waals surface area contributed by atoms with Crippen LogP contribution in [-0.2, 0) is 28.2 Å². The van der Waals surface area contributed by atoms with Crippen molar-refractivity contribution in [1.82, 2.24) is 0 Å². The van der Waals surface area contributed by atoms with Crippen molar-refractivity contribution in [3.05, 3.63) is 106 Å². The molecule has 0 aliphatic heterocycles. The molecule has 0 bridgehead atoms. The van der Waals surface area contributed by atoms with E-state index in [2.05, 4.69) is 49.1 Å². The van der Waals surface area contributed by atoms with Gasteiger partial charge in [0, 0.05) is 11.1 Å². The van der Waals surface area contributed by atoms with Gasteiger partial charge in [0.05, 0.1) is 18.6 Å². The summed E-state index contributed by atoms with van der Waals surface area (Å²) in [4.78, 5) is 10.8. The molecule has 30 heavy (non-hydrogen) atoms. The standard InChI is InChI=1S/C27H24O3/c1-20-17-22(10-7-21-8-11-23(12-9-21)18-26(28)29)13-14-25(20)27(15-16-27)30-19-24-5-3-2-4-6-24/h2-6,8-9,11-14,17H,15-16,18-19H2,1H3,(H,28,29). The molecule has 3 nitrogen and oxygen atoms in total. The molecule has 4 rings (SSSR count). The Labute approximate surface area is 177 Å². The molecule has 0 heterocycles. The first-order valence-corrected chi connectivity index (χ1v) is 10.2. The van der Waals surface area contributed by atoms with Gasteiger partial charge in [0.25, 0.3) is 0 Å². The SMILES string of the molecule is Cc1cc(C#Cc2ccc(CC(=O)O)cc2)ccc1C1(OCc2ccccc2)CC1. The minimum atomic E-state index is -0.828. The molecule has 0 amide bonds. The van der Waals surface area contributed by atoms with Gasteiger partial charge in [-0.25, -0.2) is 0 Å². The van der Waals surface area contributed by atoms with Crippen LogP contribution in [-0.4, -0.2) is 11.1 Å². The van der Waals surface area contributed by atoms with Crippen molar-refractivity contribution in [2.24, 2.45) is 0 Å². The summed E-state index contributed by atoms with van der Waals surface area (Å²) in [5, 5.41) is 8.85. The van der Waals surface area contributed by atoms with Crippen LogP contribution in [0.25, 0.3) is 0 Å². The number of aliphatic carboxylic acids is 1. The Morgan fingerprint density at radius 1 is 0.933 bits per heavy atom. The van der Waals surface area contributed by atoms with E-state index in [0.29, 0.717) is 6.61 Å². The van der Waals surface area contributed by atoms with E-state index in [0.717, 1.165) is 29.5 Å². The zero-order valence-electron chi connectivity index (χ0n) is 17.0. The molecule has 0 radical (unpaired) electrons. The Morgan fingerprint density at radius 3 is 2.23 bits per heavy atom. The zero-order valence-corrected chi connectivity index (χ0v) is 17.0. The summed E-state index contributed by atoms with van der Waals surface area (Å²) in [5.41, 5.74) is 6.09. The van der Waals surface area contributed by atoms with Crippen LogP contribution in [0.2, 0.25) is 0 Å². The number of carbonyl (C=O) groups is 1. The van der Waals surface area contributed by atoms with Crippen molar-refractivity contribution >= 4 is 5.97 Å². The lowest BCUT2D eigenvalue weighted by atomic mass is 9.99. The minimum absolute atomic E-state index is 0.0302. The highest BCUT2D eigenvalue weighted by atomic mass is 16.5. The van der Waals surface area contributed by atoms with Crippen LogP contribution in [0.3, 0.4) is 0 Å². The molecule has 3 heteroatoms. The number of ether oxygens (including phenoxy) is 1. The van der Waals surface area contributed by atoms with Gasteiger partial charge in [-0.15, -0.1) is 0 Å². The normalized spacial score (nSPS) is 13.9. The van der Waals surface area contributed by atoms with Crippen molar-refractivity contribution in [2.45, 2.75) is 38.4 Å². The van der Waals surface area contributed by atoms with Crippen molar-refractivity contribution in [1.29, 1.82) is 0 Å². The highest BCUT2D eigenvalue weighted by Gasteiger charge is 2.46. The Balaban J connectivity index is 1.45. The van der Waals surface area contributed by atoms with Crippen LogP contribution < -0.4 is 0 Å². The molecular weight excluding hydrogens is 372 g/mol. The number of rotatable bonds is 6. The van der Waals surface area contributed by atoms with Gasteiger partial charge in [-0.2, -0.15) is 0 Å². The third kappa shape index (κ3) is 4.79. The van der Waals surface area contributed by atoms with E-state index in [-0.39, 0.29) is 12.0 Å². The van der Waals surface area contributed by atoms with Crippen LogP contribution in [0.1, 0.15) is 46.2 Å². The second-order valence-corrected chi connectivity index (χ2v) is 7.82. The van der Waals surface area contributed by atoms with Gasteiger partial charge in [-0.05, 0) is 66.3 Å². The second kappa shape index (κ2) is 8.57. The number of carboxylic acids is 1. The second-order valence-electron chi connectivity index (χ2n) is 7.82. The first kappa shape index (κ1) is 19.9. The number of benzene rings is 3. The maximum atomic E-state index is 10.8. The summed E-state index contributed by atoms with van der Waals surface area (Å²) in [6, 6.07) is 24.0. The fraction of sp³-hybridized carbons (Fsp3) is 0.222. The maximum absolute atomic E-state index is 10.8. The Kier molecular flexibility index (Phi) is 5.70. The fourth-order valence-electron chi connectivity index (χ4n) is 3.68. The average molecular weight is 396 g/mol. The minimum Gasteiger partial charge on any atom is -0.481 e. The van der Waals surface area contributed by atoms with Gasteiger partial charge >= 0.3 is 5.97 Å². The largest absolute Gasteiger partial charge is 0.481 e. The van der Waals surface area contributed by atoms with Gasteiger partial charge in [-0.1, -0.05) is 60.4 Å². The molecule has 3 aromatic carbocycles. The smallest absolute Gasteiger partial charge is 0.307 e. The van der Waals surface area contributed by atoms with E-state index < -0.39 is 5.97 Å². The van der Waals surface area contributed by atoms with Gasteiger partial charge in [0.15, 0.2) is 0 Å². The first-order chi connectivity index (χ1) is 14.5. The summed E-state index contributed by atoms with van der Waals surface area (Å²) in [7, 11) is 0. The van der Waals surface area contributed by atoms with Crippen LogP contribution in [0.15, 0.2) is 72.8 Å². The molecule has 0 aromatic heterocycles. The van der Waals surface area contributed by atoms with Crippen LogP contribution in [0, 0.1) is 18.8 Å². The van der Waals surface area contributed by atoms with E-state index in [1.165, 1.54) is 16.7 Å². The molecule has 1 aliphatic carbocycles. The third-order valence-electron chi connectivity index (χ3n) is 5.44. The molecule has 0 spiro atoms. The number of aryl methyl sites for hydroxylation is 1. The average Bonchev–Trinajstić information content (AvgIpc) is 3.53. The number of hydrogen-bond acceptors (Lipinski definition) is 2. The summed E-state index contributed by atoms with van der Waals surface area (Å²) in [6.07, 6.45) is 2.13. The summed E-state index contributed by atoms with van der Waals surface area (Å²) in [5.74, 6) is 5.54. The van der Waals surface area contributed by atoms with Crippen molar-refractivity contribution in [3.63, 3.8) is 0 Å². The van der Waals surface area contributed by atoms with Crippen molar-refractivity contribution in [2.75, 3.05) is 0 Å². The topological polar surface area (TPSA) is 46.5 Å². The molecule has 1 N–H and O–H groups in total. The molecule has 1 aliphatic rings. The molecule has 1 saturated carbocycles. The molecule has 0 unspecified atom stereocenters. The number of carboxylic acid groups (broad SMARTS) is 1. The predicted molar refractivity (Wildman–Crippen MR) is 117 cm³/mol. The molecule has 1 fully saturated rings. The Bertz CT molecular complexity index is 1100. The van der Waals surface area contributed by atoms with E-state index in [9.17, 15) is 4.79 Å². The fourth-order valence-corrected chi connectivity index (χ4v) is 3.68. The van der Waals surface area contributed by atoms with Crippen LogP contribution in [0.5, 0.6) is 0 Å². The molecule has 150 valence electrons. The van der Waals surface area contributed by atoms with Crippen LogP contribution >= 0.6 is 0 Å². The maximum Gasteiger partial charge on any atom is 0.307 e.